The van der Waals surface area contributed by atoms with E-state index in [-0.39, 0.29) is 17.6 Å². The zero-order chi connectivity index (χ0) is 10.0. The summed E-state index contributed by atoms with van der Waals surface area (Å²) in [5.74, 6) is 1.15. The molecule has 1 aromatic rings. The number of ether oxygens (including phenoxy) is 1. The zero-order valence-corrected chi connectivity index (χ0v) is 8.53. The minimum Gasteiger partial charge on any atom is -0.489 e. The predicted molar refractivity (Wildman–Crippen MR) is 54.1 cm³/mol. The van der Waals surface area contributed by atoms with Gasteiger partial charge in [-0.1, -0.05) is 18.2 Å². The Morgan fingerprint density at radius 1 is 1.21 bits per heavy atom. The average Bonchev–Trinajstić information content (AvgIpc) is 2.47. The summed E-state index contributed by atoms with van der Waals surface area (Å²) >= 11 is 0. The molecule has 76 valence electrons. The van der Waals surface area contributed by atoms with Crippen LogP contribution in [0.3, 0.4) is 0 Å². The molecule has 0 aromatic heterocycles. The first-order valence-electron chi connectivity index (χ1n) is 4.58. The molecule has 4 heteroatoms. The molecule has 1 aliphatic heterocycles. The van der Waals surface area contributed by atoms with Gasteiger partial charge in [0.2, 0.25) is 0 Å². The van der Waals surface area contributed by atoms with Crippen LogP contribution in [0.2, 0.25) is 0 Å². The first kappa shape index (κ1) is 9.52. The van der Waals surface area contributed by atoms with Crippen LogP contribution in [0.25, 0.3) is 0 Å². The number of hydrogen-bond acceptors (Lipinski definition) is 3. The average molecular weight is 212 g/mol. The number of rotatable bonds is 2. The highest BCUT2D eigenvalue weighted by Crippen LogP contribution is 2.18. The quantitative estimate of drug-likeness (QED) is 0.741. The molecule has 0 aliphatic carbocycles. The van der Waals surface area contributed by atoms with Crippen molar-refractivity contribution in [3.63, 3.8) is 0 Å². The van der Waals surface area contributed by atoms with Gasteiger partial charge in [0.25, 0.3) is 0 Å². The molecule has 1 unspecified atom stereocenters. The van der Waals surface area contributed by atoms with Crippen molar-refractivity contribution in [3.05, 3.63) is 30.3 Å². The molecule has 1 aromatic carbocycles. The molecule has 0 saturated carbocycles. The van der Waals surface area contributed by atoms with Gasteiger partial charge in [-0.05, 0) is 18.6 Å². The highest BCUT2D eigenvalue weighted by Gasteiger charge is 2.29. The Labute approximate surface area is 83.6 Å². The molecule has 1 saturated heterocycles. The molecule has 1 heterocycles. The van der Waals surface area contributed by atoms with Gasteiger partial charge >= 0.3 is 0 Å². The summed E-state index contributed by atoms with van der Waals surface area (Å²) in [6.45, 7) is 0. The standard InChI is InChI=1S/C10H12O3S/c11-14(12)7-6-10(8-14)13-9-4-2-1-3-5-9/h1-5,10H,6-8H2. The Morgan fingerprint density at radius 2 is 1.93 bits per heavy atom. The smallest absolute Gasteiger partial charge is 0.154 e. The highest BCUT2D eigenvalue weighted by molar-refractivity contribution is 7.91. The van der Waals surface area contributed by atoms with Gasteiger partial charge in [0, 0.05) is 0 Å². The summed E-state index contributed by atoms with van der Waals surface area (Å²) < 4.78 is 27.8. The molecule has 0 spiro atoms. The summed E-state index contributed by atoms with van der Waals surface area (Å²) in [6, 6.07) is 9.33. The Balaban J connectivity index is 2.01. The third-order valence-corrected chi connectivity index (χ3v) is 3.97. The molecule has 0 bridgehead atoms. The lowest BCUT2D eigenvalue weighted by atomic mass is 10.3. The van der Waals surface area contributed by atoms with Crippen molar-refractivity contribution < 1.29 is 13.2 Å². The fourth-order valence-corrected chi connectivity index (χ4v) is 3.14. The van der Waals surface area contributed by atoms with Gasteiger partial charge in [0.15, 0.2) is 9.84 Å². The third-order valence-electron chi connectivity index (χ3n) is 2.24. The van der Waals surface area contributed by atoms with E-state index in [1.54, 1.807) is 0 Å². The van der Waals surface area contributed by atoms with Crippen molar-refractivity contribution in [1.82, 2.24) is 0 Å². The van der Waals surface area contributed by atoms with E-state index >= 15 is 0 Å². The van der Waals surface area contributed by atoms with Gasteiger partial charge in [-0.2, -0.15) is 0 Å². The fraction of sp³-hybridized carbons (Fsp3) is 0.400. The molecule has 0 amide bonds. The molecule has 3 nitrogen and oxygen atoms in total. The Hall–Kier alpha value is -1.03. The molecule has 1 atom stereocenters. The van der Waals surface area contributed by atoms with Gasteiger partial charge in [-0.15, -0.1) is 0 Å². The van der Waals surface area contributed by atoms with Crippen molar-refractivity contribution >= 4 is 9.84 Å². The number of hydrogen-bond donors (Lipinski definition) is 0. The predicted octanol–water partition coefficient (Wildman–Crippen LogP) is 1.25. The number of sulfone groups is 1. The summed E-state index contributed by atoms with van der Waals surface area (Å²) in [7, 11) is -2.84. The van der Waals surface area contributed by atoms with Crippen LogP contribution in [0, 0.1) is 0 Å². The van der Waals surface area contributed by atoms with E-state index in [0.29, 0.717) is 6.42 Å². The minimum absolute atomic E-state index is 0.155. The first-order valence-corrected chi connectivity index (χ1v) is 6.40. The first-order chi connectivity index (χ1) is 6.66. The summed E-state index contributed by atoms with van der Waals surface area (Å²) in [5.41, 5.74) is 0. The van der Waals surface area contributed by atoms with E-state index in [0.717, 1.165) is 5.75 Å². The van der Waals surface area contributed by atoms with Crippen LogP contribution in [0.4, 0.5) is 0 Å². The van der Waals surface area contributed by atoms with Crippen molar-refractivity contribution in [2.24, 2.45) is 0 Å². The topological polar surface area (TPSA) is 43.4 Å². The van der Waals surface area contributed by atoms with E-state index in [1.807, 2.05) is 30.3 Å². The molecular formula is C10H12O3S. The molecule has 0 N–H and O–H groups in total. The Morgan fingerprint density at radius 3 is 2.50 bits per heavy atom. The van der Waals surface area contributed by atoms with Gasteiger partial charge < -0.3 is 4.74 Å². The molecule has 14 heavy (non-hydrogen) atoms. The second-order valence-electron chi connectivity index (χ2n) is 3.46. The van der Waals surface area contributed by atoms with Gasteiger partial charge in [0.05, 0.1) is 11.5 Å². The van der Waals surface area contributed by atoms with Crippen molar-refractivity contribution in [1.29, 1.82) is 0 Å². The third kappa shape index (κ3) is 2.26. The van der Waals surface area contributed by atoms with Crippen LogP contribution in [0.5, 0.6) is 5.75 Å². The van der Waals surface area contributed by atoms with E-state index in [9.17, 15) is 8.42 Å². The summed E-state index contributed by atoms with van der Waals surface area (Å²) in [6.07, 6.45) is 0.444. The van der Waals surface area contributed by atoms with Crippen LogP contribution in [0.15, 0.2) is 30.3 Å². The van der Waals surface area contributed by atoms with E-state index in [1.165, 1.54) is 0 Å². The Bertz CT molecular complexity index is 397. The normalized spacial score (nSPS) is 24.7. The van der Waals surface area contributed by atoms with Crippen LogP contribution in [0.1, 0.15) is 6.42 Å². The van der Waals surface area contributed by atoms with Crippen molar-refractivity contribution in [2.45, 2.75) is 12.5 Å². The van der Waals surface area contributed by atoms with Crippen molar-refractivity contribution in [2.75, 3.05) is 11.5 Å². The van der Waals surface area contributed by atoms with Crippen LogP contribution in [-0.2, 0) is 9.84 Å². The highest BCUT2D eigenvalue weighted by atomic mass is 32.2. The largest absolute Gasteiger partial charge is 0.489 e. The van der Waals surface area contributed by atoms with Crippen LogP contribution in [-0.4, -0.2) is 26.0 Å². The van der Waals surface area contributed by atoms with Crippen LogP contribution < -0.4 is 4.74 Å². The lowest BCUT2D eigenvalue weighted by molar-refractivity contribution is 0.229. The lowest BCUT2D eigenvalue weighted by Crippen LogP contribution is -2.17. The fourth-order valence-electron chi connectivity index (χ4n) is 1.55. The van der Waals surface area contributed by atoms with E-state index in [2.05, 4.69) is 0 Å². The van der Waals surface area contributed by atoms with E-state index < -0.39 is 9.84 Å². The van der Waals surface area contributed by atoms with Gasteiger partial charge in [0.1, 0.15) is 11.9 Å². The molecule has 2 rings (SSSR count). The molecule has 0 radical (unpaired) electrons. The number of para-hydroxylation sites is 1. The van der Waals surface area contributed by atoms with Crippen molar-refractivity contribution in [3.8, 4) is 5.75 Å². The number of benzene rings is 1. The minimum atomic E-state index is -2.84. The Kier molecular flexibility index (Phi) is 2.46. The SMILES string of the molecule is O=S1(=O)CCC(Oc2ccccc2)C1. The zero-order valence-electron chi connectivity index (χ0n) is 7.72. The summed E-state index contributed by atoms with van der Waals surface area (Å²) in [5, 5.41) is 0. The van der Waals surface area contributed by atoms with E-state index in [4.69, 9.17) is 4.74 Å². The van der Waals surface area contributed by atoms with Gasteiger partial charge in [-0.3, -0.25) is 0 Å². The molecule has 1 fully saturated rings. The van der Waals surface area contributed by atoms with Crippen LogP contribution >= 0.6 is 0 Å². The van der Waals surface area contributed by atoms with Gasteiger partial charge in [-0.25, -0.2) is 8.42 Å². The summed E-state index contributed by atoms with van der Waals surface area (Å²) in [4.78, 5) is 0. The monoisotopic (exact) mass is 212 g/mol. The maximum Gasteiger partial charge on any atom is 0.154 e. The maximum absolute atomic E-state index is 11.2. The second-order valence-corrected chi connectivity index (χ2v) is 5.68. The maximum atomic E-state index is 11.2. The second kappa shape index (κ2) is 3.61. The molecular weight excluding hydrogens is 200 g/mol. The molecule has 1 aliphatic rings. The lowest BCUT2D eigenvalue weighted by Gasteiger charge is -2.10.